The van der Waals surface area contributed by atoms with Crippen LogP contribution in [0.5, 0.6) is 5.75 Å². The van der Waals surface area contributed by atoms with E-state index in [1.54, 1.807) is 7.11 Å². The molecule has 0 bridgehead atoms. The van der Waals surface area contributed by atoms with Crippen LogP contribution in [0.25, 0.3) is 0 Å². The zero-order valence-electron chi connectivity index (χ0n) is 13.1. The number of ether oxygens (including phenoxy) is 1. The van der Waals surface area contributed by atoms with E-state index in [4.69, 9.17) is 10.5 Å². The summed E-state index contributed by atoms with van der Waals surface area (Å²) in [6.07, 6.45) is 4.08. The molecule has 3 rings (SSSR count). The van der Waals surface area contributed by atoms with Crippen LogP contribution in [-0.4, -0.2) is 49.1 Å². The predicted molar refractivity (Wildman–Crippen MR) is 85.4 cm³/mol. The summed E-state index contributed by atoms with van der Waals surface area (Å²) in [5, 5.41) is 0. The molecular weight excluding hydrogens is 262 g/mol. The van der Waals surface area contributed by atoms with E-state index in [-0.39, 0.29) is 0 Å². The van der Waals surface area contributed by atoms with Crippen molar-refractivity contribution in [3.05, 3.63) is 29.3 Å². The molecule has 0 radical (unpaired) electrons. The lowest BCUT2D eigenvalue weighted by Crippen LogP contribution is -2.35. The Morgan fingerprint density at radius 3 is 2.76 bits per heavy atom. The molecule has 116 valence electrons. The largest absolute Gasteiger partial charge is 0.496 e. The summed E-state index contributed by atoms with van der Waals surface area (Å²) in [5.74, 6) is 0.922. The van der Waals surface area contributed by atoms with Gasteiger partial charge in [-0.2, -0.15) is 0 Å². The lowest BCUT2D eigenvalue weighted by atomic mass is 10.1. The van der Waals surface area contributed by atoms with Crippen LogP contribution in [-0.2, 0) is 13.1 Å². The van der Waals surface area contributed by atoms with Crippen LogP contribution in [0.15, 0.2) is 18.2 Å². The maximum Gasteiger partial charge on any atom is 0.123 e. The molecule has 0 saturated carbocycles. The summed E-state index contributed by atoms with van der Waals surface area (Å²) in [6.45, 7) is 6.58. The van der Waals surface area contributed by atoms with E-state index in [0.717, 1.165) is 23.9 Å². The highest BCUT2D eigenvalue weighted by Gasteiger charge is 2.29. The second-order valence-corrected chi connectivity index (χ2v) is 6.27. The van der Waals surface area contributed by atoms with Crippen molar-refractivity contribution in [1.82, 2.24) is 9.80 Å². The van der Waals surface area contributed by atoms with Gasteiger partial charge >= 0.3 is 0 Å². The highest BCUT2D eigenvalue weighted by molar-refractivity contribution is 5.37. The van der Waals surface area contributed by atoms with E-state index in [1.807, 2.05) is 0 Å². The molecule has 1 atom stereocenters. The Morgan fingerprint density at radius 2 is 2.05 bits per heavy atom. The fourth-order valence-electron chi connectivity index (χ4n) is 3.67. The van der Waals surface area contributed by atoms with Crippen LogP contribution in [0.3, 0.4) is 0 Å². The third-order valence-corrected chi connectivity index (χ3v) is 4.88. The summed E-state index contributed by atoms with van der Waals surface area (Å²) < 4.78 is 5.44. The lowest BCUT2D eigenvalue weighted by Gasteiger charge is -2.23. The maximum absolute atomic E-state index is 5.73. The van der Waals surface area contributed by atoms with Gasteiger partial charge in [-0.1, -0.05) is 12.1 Å². The Labute approximate surface area is 127 Å². The molecule has 2 saturated heterocycles. The molecule has 1 unspecified atom stereocenters. The van der Waals surface area contributed by atoms with E-state index in [0.29, 0.717) is 6.54 Å². The van der Waals surface area contributed by atoms with Crippen molar-refractivity contribution in [2.45, 2.75) is 38.4 Å². The maximum atomic E-state index is 5.73. The van der Waals surface area contributed by atoms with Crippen LogP contribution < -0.4 is 10.5 Å². The smallest absolute Gasteiger partial charge is 0.123 e. The van der Waals surface area contributed by atoms with Gasteiger partial charge in [0.2, 0.25) is 0 Å². The first-order valence-electron chi connectivity index (χ1n) is 8.12. The summed E-state index contributed by atoms with van der Waals surface area (Å²) in [6, 6.07) is 7.21. The molecule has 2 aliphatic heterocycles. The van der Waals surface area contributed by atoms with Gasteiger partial charge in [-0.05, 0) is 44.0 Å². The molecule has 21 heavy (non-hydrogen) atoms. The first kappa shape index (κ1) is 14.8. The fraction of sp³-hybridized carbons (Fsp3) is 0.647. The minimum absolute atomic E-state index is 0.532. The van der Waals surface area contributed by atoms with E-state index in [9.17, 15) is 0 Å². The Balaban J connectivity index is 1.59. The van der Waals surface area contributed by atoms with Gasteiger partial charge in [-0.15, -0.1) is 0 Å². The van der Waals surface area contributed by atoms with Crippen molar-refractivity contribution in [2.24, 2.45) is 5.73 Å². The fourth-order valence-corrected chi connectivity index (χ4v) is 3.67. The van der Waals surface area contributed by atoms with Gasteiger partial charge in [0.25, 0.3) is 0 Å². The van der Waals surface area contributed by atoms with Gasteiger partial charge in [0.1, 0.15) is 5.75 Å². The number of rotatable bonds is 5. The zero-order chi connectivity index (χ0) is 14.7. The molecule has 2 N–H and O–H groups in total. The Hall–Kier alpha value is -1.10. The van der Waals surface area contributed by atoms with E-state index >= 15 is 0 Å². The second kappa shape index (κ2) is 6.77. The van der Waals surface area contributed by atoms with Gasteiger partial charge in [-0.3, -0.25) is 9.80 Å². The van der Waals surface area contributed by atoms with Crippen molar-refractivity contribution < 1.29 is 4.74 Å². The zero-order valence-corrected chi connectivity index (χ0v) is 13.1. The molecule has 1 aromatic carbocycles. The standard InChI is InChI=1S/C17H27N3O/c1-21-17-10-14(4-5-15(17)11-18)12-19-9-6-16(13-19)20-7-2-3-8-20/h4-5,10,16H,2-3,6-9,11-13,18H2,1H3. The second-order valence-electron chi connectivity index (χ2n) is 6.27. The minimum atomic E-state index is 0.532. The number of methoxy groups -OCH3 is 1. The van der Waals surface area contributed by atoms with Gasteiger partial charge in [0, 0.05) is 37.8 Å². The summed E-state index contributed by atoms with van der Waals surface area (Å²) in [5.41, 5.74) is 8.14. The molecule has 0 aliphatic carbocycles. The monoisotopic (exact) mass is 289 g/mol. The number of hydrogen-bond acceptors (Lipinski definition) is 4. The molecule has 0 spiro atoms. The molecule has 0 amide bonds. The van der Waals surface area contributed by atoms with Crippen LogP contribution in [0, 0.1) is 0 Å². The van der Waals surface area contributed by atoms with Crippen LogP contribution in [0.2, 0.25) is 0 Å². The van der Waals surface area contributed by atoms with Crippen molar-refractivity contribution in [1.29, 1.82) is 0 Å². The molecule has 0 aromatic heterocycles. The minimum Gasteiger partial charge on any atom is -0.496 e. The third kappa shape index (κ3) is 3.39. The van der Waals surface area contributed by atoms with Gasteiger partial charge < -0.3 is 10.5 Å². The number of likely N-dealkylation sites (tertiary alicyclic amines) is 2. The van der Waals surface area contributed by atoms with E-state index in [2.05, 4.69) is 28.0 Å². The van der Waals surface area contributed by atoms with E-state index in [1.165, 1.54) is 51.0 Å². The summed E-state index contributed by atoms with van der Waals surface area (Å²) >= 11 is 0. The summed E-state index contributed by atoms with van der Waals surface area (Å²) in [4.78, 5) is 5.25. The normalized spacial score (nSPS) is 23.8. The number of nitrogens with two attached hydrogens (primary N) is 1. The van der Waals surface area contributed by atoms with Gasteiger partial charge in [0.05, 0.1) is 7.11 Å². The molecule has 1 aromatic rings. The molecule has 2 heterocycles. The number of benzene rings is 1. The van der Waals surface area contributed by atoms with E-state index < -0.39 is 0 Å². The predicted octanol–water partition coefficient (Wildman–Crippen LogP) is 1.82. The van der Waals surface area contributed by atoms with Gasteiger partial charge in [-0.25, -0.2) is 0 Å². The SMILES string of the molecule is COc1cc(CN2CCC(N3CCCC3)C2)ccc1CN. The molecule has 4 nitrogen and oxygen atoms in total. The molecule has 4 heteroatoms. The summed E-state index contributed by atoms with van der Waals surface area (Å²) in [7, 11) is 1.72. The van der Waals surface area contributed by atoms with Gasteiger partial charge in [0.15, 0.2) is 0 Å². The van der Waals surface area contributed by atoms with Crippen molar-refractivity contribution in [3.63, 3.8) is 0 Å². The number of nitrogens with zero attached hydrogens (tertiary/aromatic N) is 2. The van der Waals surface area contributed by atoms with Crippen molar-refractivity contribution in [2.75, 3.05) is 33.3 Å². The van der Waals surface area contributed by atoms with Crippen LogP contribution in [0.1, 0.15) is 30.4 Å². The van der Waals surface area contributed by atoms with Crippen molar-refractivity contribution >= 4 is 0 Å². The molecule has 2 aliphatic rings. The first-order valence-corrected chi connectivity index (χ1v) is 8.12. The average molecular weight is 289 g/mol. The highest BCUT2D eigenvalue weighted by Crippen LogP contribution is 2.24. The third-order valence-electron chi connectivity index (χ3n) is 4.88. The van der Waals surface area contributed by atoms with Crippen LogP contribution in [0.4, 0.5) is 0 Å². The Kier molecular flexibility index (Phi) is 4.78. The topological polar surface area (TPSA) is 41.7 Å². The van der Waals surface area contributed by atoms with Crippen LogP contribution >= 0.6 is 0 Å². The number of hydrogen-bond donors (Lipinski definition) is 1. The Bertz CT molecular complexity index is 471. The molecule has 2 fully saturated rings. The molecular formula is C17H27N3O. The highest BCUT2D eigenvalue weighted by atomic mass is 16.5. The van der Waals surface area contributed by atoms with Crippen molar-refractivity contribution in [3.8, 4) is 5.75 Å². The first-order chi connectivity index (χ1) is 10.3. The quantitative estimate of drug-likeness (QED) is 0.898. The lowest BCUT2D eigenvalue weighted by molar-refractivity contribution is 0.230. The Morgan fingerprint density at radius 1 is 1.24 bits per heavy atom. The average Bonchev–Trinajstić information content (AvgIpc) is 3.17.